The Morgan fingerprint density at radius 2 is 1.72 bits per heavy atom. The zero-order valence-corrected chi connectivity index (χ0v) is 18.5. The van der Waals surface area contributed by atoms with Crippen molar-refractivity contribution in [1.29, 1.82) is 0 Å². The molecule has 4 atom stereocenters. The van der Waals surface area contributed by atoms with E-state index in [0.29, 0.717) is 19.8 Å². The first-order valence-corrected chi connectivity index (χ1v) is 10.7. The lowest BCUT2D eigenvalue weighted by Crippen LogP contribution is -2.47. The summed E-state index contributed by atoms with van der Waals surface area (Å²) >= 11 is 0. The Hall–Kier alpha value is -0.900. The standard InChI is InChI=1S/C12H23NO4.C9H17NO2/c1-10(15)12(8-14)13-5-3-4-11(13)9-17-7-6-16-2;1-7(11)9(8(2)12)10-5-3-4-6-10/h11-12,14H,3-9H2,1-2H3;7,9,11H,3-6H2,1-2H3/t11?,12-;7?,9-/m01/s1. The molecule has 0 radical (unpaired) electrons. The van der Waals surface area contributed by atoms with E-state index in [0.717, 1.165) is 45.3 Å². The van der Waals surface area contributed by atoms with E-state index in [1.54, 1.807) is 21.0 Å². The molecule has 0 aromatic rings. The summed E-state index contributed by atoms with van der Waals surface area (Å²) in [5.41, 5.74) is 0. The quantitative estimate of drug-likeness (QED) is 0.470. The van der Waals surface area contributed by atoms with E-state index in [-0.39, 0.29) is 36.3 Å². The highest BCUT2D eigenvalue weighted by molar-refractivity contribution is 5.82. The van der Waals surface area contributed by atoms with Gasteiger partial charge < -0.3 is 19.7 Å². The fourth-order valence-electron chi connectivity index (χ4n) is 4.20. The van der Waals surface area contributed by atoms with Crippen LogP contribution in [0.15, 0.2) is 0 Å². The summed E-state index contributed by atoms with van der Waals surface area (Å²) in [7, 11) is 1.64. The predicted octanol–water partition coefficient (Wildman–Crippen LogP) is 0.484. The van der Waals surface area contributed by atoms with Crippen LogP contribution < -0.4 is 0 Å². The molecule has 0 spiro atoms. The second-order valence-corrected chi connectivity index (χ2v) is 7.95. The second-order valence-electron chi connectivity index (χ2n) is 7.95. The van der Waals surface area contributed by atoms with Gasteiger partial charge in [-0.05, 0) is 66.1 Å². The number of carbonyl (C=O) groups excluding carboxylic acids is 2. The number of carbonyl (C=O) groups is 2. The zero-order chi connectivity index (χ0) is 21.8. The maximum Gasteiger partial charge on any atom is 0.149 e. The fraction of sp³-hybridized carbons (Fsp3) is 0.905. The Labute approximate surface area is 175 Å². The normalized spacial score (nSPS) is 23.3. The van der Waals surface area contributed by atoms with E-state index in [4.69, 9.17) is 9.47 Å². The molecular weight excluding hydrogens is 376 g/mol. The van der Waals surface area contributed by atoms with Gasteiger partial charge in [-0.25, -0.2) is 0 Å². The van der Waals surface area contributed by atoms with Crippen LogP contribution in [0.4, 0.5) is 0 Å². The van der Waals surface area contributed by atoms with Gasteiger partial charge in [-0.3, -0.25) is 19.4 Å². The summed E-state index contributed by atoms with van der Waals surface area (Å²) in [6.45, 7) is 9.19. The van der Waals surface area contributed by atoms with Crippen molar-refractivity contribution in [2.24, 2.45) is 0 Å². The van der Waals surface area contributed by atoms with Crippen LogP contribution in [-0.4, -0.2) is 109 Å². The molecule has 2 heterocycles. The number of hydrogen-bond acceptors (Lipinski definition) is 8. The molecular formula is C21H40N2O6. The van der Waals surface area contributed by atoms with Crippen molar-refractivity contribution >= 4 is 11.6 Å². The molecule has 2 N–H and O–H groups in total. The van der Waals surface area contributed by atoms with Crippen molar-refractivity contribution in [3.8, 4) is 0 Å². The van der Waals surface area contributed by atoms with Gasteiger partial charge in [-0.2, -0.15) is 0 Å². The first-order valence-electron chi connectivity index (χ1n) is 10.7. The summed E-state index contributed by atoms with van der Waals surface area (Å²) < 4.78 is 10.4. The summed E-state index contributed by atoms with van der Waals surface area (Å²) in [4.78, 5) is 26.7. The van der Waals surface area contributed by atoms with Crippen LogP contribution in [0.5, 0.6) is 0 Å². The third kappa shape index (κ3) is 8.78. The maximum absolute atomic E-state index is 11.4. The summed E-state index contributed by atoms with van der Waals surface area (Å²) in [6.07, 6.45) is 3.84. The van der Waals surface area contributed by atoms with E-state index in [1.165, 1.54) is 6.92 Å². The number of nitrogens with zero attached hydrogens (tertiary/aromatic N) is 2. The van der Waals surface area contributed by atoms with Crippen molar-refractivity contribution in [2.75, 3.05) is 53.2 Å². The van der Waals surface area contributed by atoms with E-state index in [2.05, 4.69) is 9.80 Å². The van der Waals surface area contributed by atoms with Crippen LogP contribution >= 0.6 is 0 Å². The lowest BCUT2D eigenvalue weighted by molar-refractivity contribution is -0.125. The lowest BCUT2D eigenvalue weighted by Gasteiger charge is -2.30. The Morgan fingerprint density at radius 3 is 2.21 bits per heavy atom. The van der Waals surface area contributed by atoms with E-state index < -0.39 is 6.10 Å². The van der Waals surface area contributed by atoms with Gasteiger partial charge in [-0.1, -0.05) is 0 Å². The van der Waals surface area contributed by atoms with Crippen molar-refractivity contribution in [2.45, 2.75) is 70.7 Å². The average Bonchev–Trinajstić information content (AvgIpc) is 3.32. The van der Waals surface area contributed by atoms with Gasteiger partial charge in [0.15, 0.2) is 0 Å². The minimum absolute atomic E-state index is 0.0243. The minimum Gasteiger partial charge on any atom is -0.394 e. The number of aliphatic hydroxyl groups excluding tert-OH is 2. The predicted molar refractivity (Wildman–Crippen MR) is 111 cm³/mol. The molecule has 8 nitrogen and oxygen atoms in total. The maximum atomic E-state index is 11.4. The molecule has 0 bridgehead atoms. The Kier molecular flexibility index (Phi) is 12.8. The topological polar surface area (TPSA) is 99.5 Å². The molecule has 0 saturated carbocycles. The van der Waals surface area contributed by atoms with E-state index in [1.807, 2.05) is 0 Å². The van der Waals surface area contributed by atoms with Gasteiger partial charge >= 0.3 is 0 Å². The first-order chi connectivity index (χ1) is 13.8. The molecule has 29 heavy (non-hydrogen) atoms. The molecule has 0 amide bonds. The molecule has 0 aliphatic carbocycles. The van der Waals surface area contributed by atoms with Crippen LogP contribution in [0.2, 0.25) is 0 Å². The van der Waals surface area contributed by atoms with Crippen molar-refractivity contribution in [3.05, 3.63) is 0 Å². The van der Waals surface area contributed by atoms with Gasteiger partial charge in [0.25, 0.3) is 0 Å². The number of rotatable bonds is 11. The summed E-state index contributed by atoms with van der Waals surface area (Å²) in [5, 5.41) is 18.6. The number of aliphatic hydroxyl groups is 2. The third-order valence-corrected chi connectivity index (χ3v) is 5.61. The Bertz CT molecular complexity index is 482. The molecule has 8 heteroatoms. The van der Waals surface area contributed by atoms with E-state index >= 15 is 0 Å². The van der Waals surface area contributed by atoms with Gasteiger partial charge in [0, 0.05) is 13.2 Å². The van der Waals surface area contributed by atoms with Gasteiger partial charge in [0.1, 0.15) is 11.6 Å². The molecule has 2 fully saturated rings. The molecule has 2 unspecified atom stereocenters. The van der Waals surface area contributed by atoms with Crippen molar-refractivity contribution in [1.82, 2.24) is 9.80 Å². The first kappa shape index (κ1) is 26.1. The Morgan fingerprint density at radius 1 is 1.07 bits per heavy atom. The van der Waals surface area contributed by atoms with Crippen LogP contribution in [0.1, 0.15) is 46.5 Å². The highest BCUT2D eigenvalue weighted by Gasteiger charge is 2.32. The fourth-order valence-corrected chi connectivity index (χ4v) is 4.20. The number of hydrogen-bond donors (Lipinski definition) is 2. The summed E-state index contributed by atoms with van der Waals surface area (Å²) in [5.74, 6) is 0.100. The molecule has 170 valence electrons. The van der Waals surface area contributed by atoms with Gasteiger partial charge in [0.05, 0.1) is 44.6 Å². The molecule has 2 aliphatic heterocycles. The molecule has 2 rings (SSSR count). The number of ether oxygens (including phenoxy) is 2. The van der Waals surface area contributed by atoms with Gasteiger partial charge in [0.2, 0.25) is 0 Å². The Balaban J connectivity index is 0.000000308. The number of likely N-dealkylation sites (tertiary alicyclic amines) is 2. The smallest absolute Gasteiger partial charge is 0.149 e. The molecule has 0 aromatic heterocycles. The monoisotopic (exact) mass is 416 g/mol. The zero-order valence-electron chi connectivity index (χ0n) is 18.5. The lowest BCUT2D eigenvalue weighted by atomic mass is 10.1. The van der Waals surface area contributed by atoms with Crippen molar-refractivity contribution < 1.29 is 29.3 Å². The largest absolute Gasteiger partial charge is 0.394 e. The molecule has 2 aliphatic rings. The average molecular weight is 417 g/mol. The summed E-state index contributed by atoms with van der Waals surface area (Å²) in [6, 6.07) is -0.395. The number of ketones is 2. The number of Topliss-reactive ketones (excluding diaryl/α,β-unsaturated/α-hetero) is 2. The highest BCUT2D eigenvalue weighted by atomic mass is 16.5. The minimum atomic E-state index is -0.541. The molecule has 2 saturated heterocycles. The SMILES string of the molecule is CC(=O)[C@@H](C(C)O)N1CCCC1.COCCOCC1CCCN1[C@@H](CO)C(C)=O. The van der Waals surface area contributed by atoms with Crippen LogP contribution in [0, 0.1) is 0 Å². The van der Waals surface area contributed by atoms with Gasteiger partial charge in [-0.15, -0.1) is 0 Å². The van der Waals surface area contributed by atoms with Crippen LogP contribution in [-0.2, 0) is 19.1 Å². The number of methoxy groups -OCH3 is 1. The third-order valence-electron chi connectivity index (χ3n) is 5.61. The van der Waals surface area contributed by atoms with Crippen LogP contribution in [0.25, 0.3) is 0 Å². The van der Waals surface area contributed by atoms with E-state index in [9.17, 15) is 19.8 Å². The van der Waals surface area contributed by atoms with Crippen LogP contribution in [0.3, 0.4) is 0 Å². The molecule has 0 aromatic carbocycles. The highest BCUT2D eigenvalue weighted by Crippen LogP contribution is 2.21. The van der Waals surface area contributed by atoms with Crippen molar-refractivity contribution in [3.63, 3.8) is 0 Å². The second kappa shape index (κ2) is 14.2.